The van der Waals surface area contributed by atoms with Crippen LogP contribution in [0.1, 0.15) is 5.69 Å². The molecular formula is C6H5BrN2O. The van der Waals surface area contributed by atoms with E-state index in [1.54, 1.807) is 19.2 Å². The number of pyridine rings is 1. The molecule has 0 radical (unpaired) electrons. The Morgan fingerprint density at radius 2 is 2.40 bits per heavy atom. The van der Waals surface area contributed by atoms with E-state index < -0.39 is 0 Å². The van der Waals surface area contributed by atoms with Gasteiger partial charge in [-0.05, 0) is 34.1 Å². The van der Waals surface area contributed by atoms with Crippen LogP contribution in [0.3, 0.4) is 0 Å². The van der Waals surface area contributed by atoms with Crippen molar-refractivity contribution in [3.8, 4) is 0 Å². The fourth-order valence-electron chi connectivity index (χ4n) is 0.589. The van der Waals surface area contributed by atoms with Crippen LogP contribution in [0, 0.1) is 11.8 Å². The number of aromatic nitrogens is 1. The Kier molecular flexibility index (Phi) is 2.11. The van der Waals surface area contributed by atoms with Crippen LogP contribution in [-0.2, 0) is 0 Å². The summed E-state index contributed by atoms with van der Waals surface area (Å²) < 4.78 is 0.771. The lowest BCUT2D eigenvalue weighted by Crippen LogP contribution is -1.79. The predicted octanol–water partition coefficient (Wildman–Crippen LogP) is 2.55. The van der Waals surface area contributed by atoms with Crippen molar-refractivity contribution in [2.75, 3.05) is 0 Å². The van der Waals surface area contributed by atoms with Gasteiger partial charge in [0.15, 0.2) is 0 Å². The molecule has 0 aromatic carbocycles. The minimum Gasteiger partial charge on any atom is -0.258 e. The van der Waals surface area contributed by atoms with Crippen LogP contribution in [0.2, 0.25) is 0 Å². The van der Waals surface area contributed by atoms with Gasteiger partial charge in [-0.15, -0.1) is 4.91 Å². The Morgan fingerprint density at radius 1 is 1.70 bits per heavy atom. The third-order valence-electron chi connectivity index (χ3n) is 1.13. The molecule has 0 saturated heterocycles. The normalized spacial score (nSPS) is 9.40. The lowest BCUT2D eigenvalue weighted by molar-refractivity contribution is 1.17. The summed E-state index contributed by atoms with van der Waals surface area (Å²) in [7, 11) is 0. The maximum Gasteiger partial charge on any atom is 0.130 e. The van der Waals surface area contributed by atoms with Crippen LogP contribution in [0.15, 0.2) is 21.9 Å². The molecule has 0 amide bonds. The molecule has 1 aromatic rings. The second-order valence-electron chi connectivity index (χ2n) is 1.85. The van der Waals surface area contributed by atoms with E-state index >= 15 is 0 Å². The summed E-state index contributed by atoms with van der Waals surface area (Å²) in [6.45, 7) is 1.74. The quantitative estimate of drug-likeness (QED) is 0.655. The summed E-state index contributed by atoms with van der Waals surface area (Å²) in [5.74, 6) is 0. The maximum atomic E-state index is 10.1. The molecule has 0 fully saturated rings. The van der Waals surface area contributed by atoms with Crippen molar-refractivity contribution in [2.24, 2.45) is 5.18 Å². The van der Waals surface area contributed by atoms with Gasteiger partial charge in [0.05, 0.1) is 5.69 Å². The van der Waals surface area contributed by atoms with Gasteiger partial charge in [0.25, 0.3) is 0 Å². The molecule has 0 aliphatic rings. The summed E-state index contributed by atoms with van der Waals surface area (Å²) in [6, 6.07) is 1.63. The van der Waals surface area contributed by atoms with Gasteiger partial charge in [-0.2, -0.15) is 0 Å². The summed E-state index contributed by atoms with van der Waals surface area (Å²) >= 11 is 3.18. The molecule has 0 aliphatic carbocycles. The van der Waals surface area contributed by atoms with E-state index in [1.807, 2.05) is 0 Å². The highest BCUT2D eigenvalue weighted by molar-refractivity contribution is 9.10. The second-order valence-corrected chi connectivity index (χ2v) is 2.77. The zero-order chi connectivity index (χ0) is 7.56. The van der Waals surface area contributed by atoms with E-state index in [9.17, 15) is 4.91 Å². The molecule has 0 atom stereocenters. The second kappa shape index (κ2) is 2.88. The smallest absolute Gasteiger partial charge is 0.130 e. The van der Waals surface area contributed by atoms with Gasteiger partial charge in [0, 0.05) is 10.7 Å². The number of nitroso groups, excluding NO2 is 1. The van der Waals surface area contributed by atoms with Gasteiger partial charge >= 0.3 is 0 Å². The number of nitrogens with zero attached hydrogens (tertiary/aromatic N) is 2. The zero-order valence-corrected chi connectivity index (χ0v) is 6.92. The number of aryl methyl sites for hydroxylation is 1. The van der Waals surface area contributed by atoms with Gasteiger partial charge in [-0.3, -0.25) is 4.98 Å². The van der Waals surface area contributed by atoms with Crippen molar-refractivity contribution in [1.29, 1.82) is 0 Å². The molecule has 4 heteroatoms. The van der Waals surface area contributed by atoms with Crippen LogP contribution in [-0.4, -0.2) is 4.98 Å². The largest absolute Gasteiger partial charge is 0.258 e. The number of hydrogen-bond acceptors (Lipinski definition) is 3. The Labute approximate surface area is 66.6 Å². The van der Waals surface area contributed by atoms with E-state index in [-0.39, 0.29) is 0 Å². The Balaban J connectivity index is 3.21. The standard InChI is InChI=1S/C6H5BrN2O/c1-4-6(9-10)2-5(7)3-8-4/h2-3H,1H3. The number of halogens is 1. The molecule has 1 aromatic heterocycles. The molecule has 0 N–H and O–H groups in total. The van der Waals surface area contributed by atoms with Crippen molar-refractivity contribution in [2.45, 2.75) is 6.92 Å². The van der Waals surface area contributed by atoms with Crippen LogP contribution in [0.4, 0.5) is 5.69 Å². The highest BCUT2D eigenvalue weighted by Crippen LogP contribution is 2.19. The Hall–Kier alpha value is -0.770. The first-order valence-electron chi connectivity index (χ1n) is 2.69. The summed E-state index contributed by atoms with van der Waals surface area (Å²) in [5, 5.41) is 2.79. The highest BCUT2D eigenvalue weighted by Gasteiger charge is 1.98. The number of hydrogen-bond donors (Lipinski definition) is 0. The van der Waals surface area contributed by atoms with E-state index in [4.69, 9.17) is 0 Å². The van der Waals surface area contributed by atoms with Crippen molar-refractivity contribution < 1.29 is 0 Å². The highest BCUT2D eigenvalue weighted by atomic mass is 79.9. The van der Waals surface area contributed by atoms with E-state index in [0.29, 0.717) is 11.4 Å². The van der Waals surface area contributed by atoms with Crippen molar-refractivity contribution in [1.82, 2.24) is 4.98 Å². The molecule has 0 spiro atoms. The lowest BCUT2D eigenvalue weighted by atomic mass is 10.3. The Bertz CT molecular complexity index is 262. The molecule has 52 valence electrons. The molecule has 1 heterocycles. The first-order chi connectivity index (χ1) is 4.74. The van der Waals surface area contributed by atoms with E-state index in [2.05, 4.69) is 26.1 Å². The molecule has 0 saturated carbocycles. The van der Waals surface area contributed by atoms with Gasteiger partial charge in [-0.25, -0.2) is 0 Å². The van der Waals surface area contributed by atoms with E-state index in [1.165, 1.54) is 0 Å². The maximum absolute atomic E-state index is 10.1. The molecule has 0 bridgehead atoms. The molecule has 0 unspecified atom stereocenters. The van der Waals surface area contributed by atoms with Crippen LogP contribution in [0.25, 0.3) is 0 Å². The summed E-state index contributed by atoms with van der Waals surface area (Å²) in [6.07, 6.45) is 1.63. The minimum absolute atomic E-state index is 0.384. The average molecular weight is 201 g/mol. The fourth-order valence-corrected chi connectivity index (χ4v) is 0.909. The van der Waals surface area contributed by atoms with Crippen LogP contribution < -0.4 is 0 Å². The third kappa shape index (κ3) is 1.39. The van der Waals surface area contributed by atoms with Crippen molar-refractivity contribution in [3.63, 3.8) is 0 Å². The first kappa shape index (κ1) is 7.34. The lowest BCUT2D eigenvalue weighted by Gasteiger charge is -1.93. The van der Waals surface area contributed by atoms with E-state index in [0.717, 1.165) is 4.47 Å². The van der Waals surface area contributed by atoms with Crippen LogP contribution in [0.5, 0.6) is 0 Å². The average Bonchev–Trinajstić information content (AvgIpc) is 1.94. The minimum atomic E-state index is 0.384. The number of rotatable bonds is 1. The predicted molar refractivity (Wildman–Crippen MR) is 42.1 cm³/mol. The monoisotopic (exact) mass is 200 g/mol. The van der Waals surface area contributed by atoms with Gasteiger partial charge in [0.1, 0.15) is 5.69 Å². The van der Waals surface area contributed by atoms with Crippen LogP contribution >= 0.6 is 15.9 Å². The van der Waals surface area contributed by atoms with Gasteiger partial charge in [-0.1, -0.05) is 0 Å². The molecule has 3 nitrogen and oxygen atoms in total. The molecular weight excluding hydrogens is 196 g/mol. The van der Waals surface area contributed by atoms with Gasteiger partial charge in [0.2, 0.25) is 0 Å². The topological polar surface area (TPSA) is 42.3 Å². The molecule has 10 heavy (non-hydrogen) atoms. The summed E-state index contributed by atoms with van der Waals surface area (Å²) in [5.41, 5.74) is 1.03. The first-order valence-corrected chi connectivity index (χ1v) is 3.49. The van der Waals surface area contributed by atoms with Crippen molar-refractivity contribution in [3.05, 3.63) is 27.3 Å². The molecule has 1 rings (SSSR count). The SMILES string of the molecule is Cc1ncc(Br)cc1N=O. The van der Waals surface area contributed by atoms with Crippen molar-refractivity contribution >= 4 is 21.6 Å². The third-order valence-corrected chi connectivity index (χ3v) is 1.56. The fraction of sp³-hybridized carbons (Fsp3) is 0.167. The zero-order valence-electron chi connectivity index (χ0n) is 5.34. The van der Waals surface area contributed by atoms with Gasteiger partial charge < -0.3 is 0 Å². The summed E-state index contributed by atoms with van der Waals surface area (Å²) in [4.78, 5) is 14.0. The Morgan fingerprint density at radius 3 is 2.90 bits per heavy atom. The molecule has 0 aliphatic heterocycles.